The zero-order chi connectivity index (χ0) is 11.5. The molecule has 1 aromatic heterocycles. The van der Waals surface area contributed by atoms with E-state index in [9.17, 15) is 4.79 Å². The maximum Gasteiger partial charge on any atom is 0.307 e. The molecule has 2 aromatic rings. The summed E-state index contributed by atoms with van der Waals surface area (Å²) < 4.78 is 0. The Labute approximate surface area is 102 Å². The van der Waals surface area contributed by atoms with Gasteiger partial charge >= 0.3 is 5.97 Å². The minimum absolute atomic E-state index is 0.0757. The number of aromatic nitrogens is 1. The van der Waals surface area contributed by atoms with E-state index in [0.29, 0.717) is 0 Å². The zero-order valence-corrected chi connectivity index (χ0v) is 10.3. The Balaban J connectivity index is 2.54. The summed E-state index contributed by atoms with van der Waals surface area (Å²) in [5.41, 5.74) is 2.93. The van der Waals surface area contributed by atoms with Gasteiger partial charge in [0.1, 0.15) is 0 Å². The molecule has 1 heterocycles. The number of carboxylic acids is 1. The largest absolute Gasteiger partial charge is 0.481 e. The van der Waals surface area contributed by atoms with E-state index in [4.69, 9.17) is 5.11 Å². The van der Waals surface area contributed by atoms with Crippen LogP contribution in [-0.4, -0.2) is 21.4 Å². The van der Waals surface area contributed by atoms with Crippen LogP contribution in [0.1, 0.15) is 11.3 Å². The monoisotopic (exact) mass is 281 g/mol. The highest BCUT2D eigenvalue weighted by molar-refractivity contribution is 9.09. The number of carbonyl (C=O) groups is 1. The number of H-pyrrole nitrogens is 1. The number of hydrogen-bond donors (Lipinski definition) is 2. The van der Waals surface area contributed by atoms with Crippen LogP contribution in [0.15, 0.2) is 24.3 Å². The highest BCUT2D eigenvalue weighted by Crippen LogP contribution is 2.23. The van der Waals surface area contributed by atoms with Crippen molar-refractivity contribution in [1.29, 1.82) is 0 Å². The number of para-hydroxylation sites is 1. The summed E-state index contributed by atoms with van der Waals surface area (Å²) in [6.07, 6.45) is 0.892. The molecule has 0 aliphatic rings. The molecule has 1 aromatic carbocycles. The molecule has 4 heteroatoms. The summed E-state index contributed by atoms with van der Waals surface area (Å²) in [5.74, 6) is -0.791. The topological polar surface area (TPSA) is 53.1 Å². The van der Waals surface area contributed by atoms with Crippen molar-refractivity contribution in [1.82, 2.24) is 4.98 Å². The summed E-state index contributed by atoms with van der Waals surface area (Å²) in [6.45, 7) is 0. The van der Waals surface area contributed by atoms with Crippen molar-refractivity contribution >= 4 is 32.8 Å². The smallest absolute Gasteiger partial charge is 0.307 e. The fourth-order valence-electron chi connectivity index (χ4n) is 1.92. The van der Waals surface area contributed by atoms with Crippen molar-refractivity contribution in [2.45, 2.75) is 12.8 Å². The van der Waals surface area contributed by atoms with Crippen LogP contribution in [0.3, 0.4) is 0 Å². The van der Waals surface area contributed by atoms with Gasteiger partial charge in [0.15, 0.2) is 0 Å². The maximum absolute atomic E-state index is 10.8. The van der Waals surface area contributed by atoms with Gasteiger partial charge in [-0.3, -0.25) is 4.79 Å². The van der Waals surface area contributed by atoms with Gasteiger partial charge in [-0.2, -0.15) is 0 Å². The van der Waals surface area contributed by atoms with Crippen molar-refractivity contribution in [2.75, 3.05) is 5.33 Å². The van der Waals surface area contributed by atoms with Crippen molar-refractivity contribution < 1.29 is 9.90 Å². The molecular formula is C12H12BrNO2. The van der Waals surface area contributed by atoms with E-state index in [1.165, 1.54) is 0 Å². The van der Waals surface area contributed by atoms with E-state index in [2.05, 4.69) is 20.9 Å². The molecule has 2 rings (SSSR count). The lowest BCUT2D eigenvalue weighted by molar-refractivity contribution is -0.136. The molecule has 0 saturated carbocycles. The Morgan fingerprint density at radius 3 is 2.81 bits per heavy atom. The highest BCUT2D eigenvalue weighted by atomic mass is 79.9. The maximum atomic E-state index is 10.8. The summed E-state index contributed by atoms with van der Waals surface area (Å²) in [7, 11) is 0. The first kappa shape index (κ1) is 11.2. The van der Waals surface area contributed by atoms with E-state index in [1.54, 1.807) is 0 Å². The lowest BCUT2D eigenvalue weighted by Gasteiger charge is -1.99. The molecule has 0 aliphatic heterocycles. The first-order chi connectivity index (χ1) is 7.72. The van der Waals surface area contributed by atoms with E-state index in [0.717, 1.165) is 33.9 Å². The van der Waals surface area contributed by atoms with Crippen molar-refractivity contribution in [3.63, 3.8) is 0 Å². The van der Waals surface area contributed by atoms with Crippen LogP contribution in [0.25, 0.3) is 10.9 Å². The van der Waals surface area contributed by atoms with Crippen LogP contribution in [0.5, 0.6) is 0 Å². The Morgan fingerprint density at radius 1 is 1.38 bits per heavy atom. The highest BCUT2D eigenvalue weighted by Gasteiger charge is 2.13. The SMILES string of the molecule is O=C(O)Cc1c(CCBr)[nH]c2ccccc12. The van der Waals surface area contributed by atoms with E-state index < -0.39 is 5.97 Å². The average Bonchev–Trinajstić information content (AvgIpc) is 2.57. The van der Waals surface area contributed by atoms with Crippen LogP contribution in [0.4, 0.5) is 0 Å². The number of aliphatic carboxylic acids is 1. The van der Waals surface area contributed by atoms with Crippen molar-refractivity contribution in [3.05, 3.63) is 35.5 Å². The standard InChI is InChI=1S/C12H12BrNO2/c13-6-5-11-9(7-12(15)16)8-3-1-2-4-10(8)14-11/h1-4,14H,5-7H2,(H,15,16). The summed E-state index contributed by atoms with van der Waals surface area (Å²) in [6, 6.07) is 7.81. The quantitative estimate of drug-likeness (QED) is 0.847. The number of fused-ring (bicyclic) bond motifs is 1. The predicted octanol–water partition coefficient (Wildman–Crippen LogP) is 2.73. The van der Waals surface area contributed by atoms with E-state index in [-0.39, 0.29) is 6.42 Å². The fourth-order valence-corrected chi connectivity index (χ4v) is 2.31. The van der Waals surface area contributed by atoms with Gasteiger partial charge in [0.25, 0.3) is 0 Å². The number of hydrogen-bond acceptors (Lipinski definition) is 1. The van der Waals surface area contributed by atoms with Crippen molar-refractivity contribution in [3.8, 4) is 0 Å². The van der Waals surface area contributed by atoms with Crippen LogP contribution < -0.4 is 0 Å². The van der Waals surface area contributed by atoms with Gasteiger partial charge < -0.3 is 10.1 Å². The second kappa shape index (κ2) is 4.70. The summed E-state index contributed by atoms with van der Waals surface area (Å²) >= 11 is 3.38. The number of aryl methyl sites for hydroxylation is 1. The number of nitrogens with one attached hydrogen (secondary N) is 1. The minimum atomic E-state index is -0.791. The zero-order valence-electron chi connectivity index (χ0n) is 8.66. The molecule has 0 fully saturated rings. The molecule has 3 nitrogen and oxygen atoms in total. The van der Waals surface area contributed by atoms with Crippen LogP contribution in [-0.2, 0) is 17.6 Å². The lowest BCUT2D eigenvalue weighted by atomic mass is 10.1. The molecule has 84 valence electrons. The lowest BCUT2D eigenvalue weighted by Crippen LogP contribution is -2.02. The van der Waals surface area contributed by atoms with Gasteiger partial charge in [-0.05, 0) is 18.1 Å². The second-order valence-corrected chi connectivity index (χ2v) is 4.43. The van der Waals surface area contributed by atoms with Crippen LogP contribution in [0, 0.1) is 0 Å². The molecule has 0 saturated heterocycles. The molecular weight excluding hydrogens is 270 g/mol. The average molecular weight is 282 g/mol. The fraction of sp³-hybridized carbons (Fsp3) is 0.250. The molecule has 0 amide bonds. The normalized spacial score (nSPS) is 10.8. The molecule has 0 spiro atoms. The molecule has 0 atom stereocenters. The number of benzene rings is 1. The van der Waals surface area contributed by atoms with E-state index >= 15 is 0 Å². The van der Waals surface area contributed by atoms with E-state index in [1.807, 2.05) is 24.3 Å². The molecule has 2 N–H and O–H groups in total. The first-order valence-corrected chi connectivity index (χ1v) is 6.20. The molecule has 0 radical (unpaired) electrons. The van der Waals surface area contributed by atoms with Crippen LogP contribution >= 0.6 is 15.9 Å². The predicted molar refractivity (Wildman–Crippen MR) is 67.1 cm³/mol. The number of aromatic amines is 1. The molecule has 0 aliphatic carbocycles. The van der Waals surface area contributed by atoms with Crippen molar-refractivity contribution in [2.24, 2.45) is 0 Å². The molecule has 0 bridgehead atoms. The third kappa shape index (κ3) is 2.11. The third-order valence-corrected chi connectivity index (χ3v) is 2.97. The summed E-state index contributed by atoms with van der Waals surface area (Å²) in [4.78, 5) is 14.1. The van der Waals surface area contributed by atoms with Gasteiger partial charge in [0.05, 0.1) is 6.42 Å². The summed E-state index contributed by atoms with van der Waals surface area (Å²) in [5, 5.41) is 10.8. The van der Waals surface area contributed by atoms with Gasteiger partial charge in [0, 0.05) is 21.9 Å². The number of alkyl halides is 1. The Bertz CT molecular complexity index is 519. The van der Waals surface area contributed by atoms with Gasteiger partial charge in [-0.25, -0.2) is 0 Å². The van der Waals surface area contributed by atoms with Gasteiger partial charge in [0.2, 0.25) is 0 Å². The van der Waals surface area contributed by atoms with Gasteiger partial charge in [-0.1, -0.05) is 34.1 Å². The second-order valence-electron chi connectivity index (χ2n) is 3.64. The minimum Gasteiger partial charge on any atom is -0.481 e. The number of rotatable bonds is 4. The number of carboxylic acid groups (broad SMARTS) is 1. The molecule has 16 heavy (non-hydrogen) atoms. The number of halogens is 1. The third-order valence-electron chi connectivity index (χ3n) is 2.57. The first-order valence-electron chi connectivity index (χ1n) is 5.08. The Kier molecular flexibility index (Phi) is 3.29. The van der Waals surface area contributed by atoms with Crippen LogP contribution in [0.2, 0.25) is 0 Å². The Morgan fingerprint density at radius 2 is 2.12 bits per heavy atom. The Hall–Kier alpha value is -1.29. The molecule has 0 unspecified atom stereocenters. The van der Waals surface area contributed by atoms with Gasteiger partial charge in [-0.15, -0.1) is 0 Å².